The largest absolute Gasteiger partial charge is 0.397 e. The van der Waals surface area contributed by atoms with Crippen molar-refractivity contribution >= 4 is 60.2 Å². The number of aromatic nitrogens is 1. The SMILES string of the molecule is Nc1c(S(=O)(=O)O)cc(Nc2ccc(Nc3cccnc3)c(S(=O)(=O)O)c2)c2c1C(=O)c1ccccc1C2=O. The van der Waals surface area contributed by atoms with E-state index in [9.17, 15) is 35.5 Å². The molecule has 0 fully saturated rings. The van der Waals surface area contributed by atoms with Gasteiger partial charge in [0.2, 0.25) is 0 Å². The van der Waals surface area contributed by atoms with Crippen LogP contribution in [-0.4, -0.2) is 42.5 Å². The van der Waals surface area contributed by atoms with E-state index < -0.39 is 52.8 Å². The van der Waals surface area contributed by atoms with Crippen molar-refractivity contribution in [3.05, 3.63) is 95.3 Å². The third kappa shape index (κ3) is 4.72. The summed E-state index contributed by atoms with van der Waals surface area (Å²) in [4.78, 5) is 29.3. The first-order chi connectivity index (χ1) is 18.4. The van der Waals surface area contributed by atoms with Crippen molar-refractivity contribution in [1.82, 2.24) is 4.98 Å². The number of benzene rings is 3. The number of nitrogens with one attached hydrogen (secondary N) is 2. The van der Waals surface area contributed by atoms with Crippen molar-refractivity contribution < 1.29 is 35.5 Å². The van der Waals surface area contributed by atoms with E-state index >= 15 is 0 Å². The summed E-state index contributed by atoms with van der Waals surface area (Å²) >= 11 is 0. The maximum absolute atomic E-state index is 13.4. The van der Waals surface area contributed by atoms with E-state index in [1.165, 1.54) is 42.7 Å². The molecule has 1 aromatic heterocycles. The standard InChI is InChI=1S/C25H18N4O8S2/c26-23-20(39(35,36)37)11-18(21-22(23)25(31)16-6-2-1-5-15(16)24(21)30)28-13-7-8-17(19(10-13)38(32,33)34)29-14-4-3-9-27-12-14/h1-12,28-29H,26H2,(H,32,33,34)(H,35,36,37). The highest BCUT2D eigenvalue weighted by atomic mass is 32.2. The van der Waals surface area contributed by atoms with Crippen molar-refractivity contribution in [1.29, 1.82) is 0 Å². The van der Waals surface area contributed by atoms with Crippen molar-refractivity contribution in [3.63, 3.8) is 0 Å². The predicted molar refractivity (Wildman–Crippen MR) is 141 cm³/mol. The molecule has 14 heteroatoms. The maximum atomic E-state index is 13.4. The van der Waals surface area contributed by atoms with Gasteiger partial charge in [-0.3, -0.25) is 23.7 Å². The monoisotopic (exact) mass is 566 g/mol. The molecule has 0 atom stereocenters. The highest BCUT2D eigenvalue weighted by Gasteiger charge is 2.36. The van der Waals surface area contributed by atoms with E-state index in [2.05, 4.69) is 15.6 Å². The van der Waals surface area contributed by atoms with E-state index in [-0.39, 0.29) is 33.8 Å². The Morgan fingerprint density at radius 1 is 0.692 bits per heavy atom. The lowest BCUT2D eigenvalue weighted by atomic mass is 9.82. The fraction of sp³-hybridized carbons (Fsp3) is 0. The lowest BCUT2D eigenvalue weighted by molar-refractivity contribution is 0.0980. The van der Waals surface area contributed by atoms with Crippen molar-refractivity contribution in [2.75, 3.05) is 16.4 Å². The summed E-state index contributed by atoms with van der Waals surface area (Å²) in [5.41, 5.74) is 4.88. The van der Waals surface area contributed by atoms with Gasteiger partial charge in [-0.15, -0.1) is 0 Å². The fourth-order valence-electron chi connectivity index (χ4n) is 4.27. The Kier molecular flexibility index (Phi) is 6.19. The Labute approximate surface area is 222 Å². The molecule has 0 radical (unpaired) electrons. The van der Waals surface area contributed by atoms with Crippen molar-refractivity contribution in [2.24, 2.45) is 0 Å². The van der Waals surface area contributed by atoms with Crippen LogP contribution >= 0.6 is 0 Å². The molecule has 5 rings (SSSR count). The molecule has 1 aliphatic carbocycles. The second kappa shape index (κ2) is 9.28. The molecule has 12 nitrogen and oxygen atoms in total. The van der Waals surface area contributed by atoms with Crippen LogP contribution in [0.3, 0.4) is 0 Å². The first kappa shape index (κ1) is 26.0. The highest BCUT2D eigenvalue weighted by Crippen LogP contribution is 2.40. The Morgan fingerprint density at radius 2 is 1.31 bits per heavy atom. The molecule has 0 unspecified atom stereocenters. The molecule has 1 aliphatic rings. The lowest BCUT2D eigenvalue weighted by Gasteiger charge is -2.24. The minimum absolute atomic E-state index is 0.000345. The van der Waals surface area contributed by atoms with Crippen LogP contribution in [0.1, 0.15) is 31.8 Å². The van der Waals surface area contributed by atoms with E-state index in [0.717, 1.165) is 12.1 Å². The zero-order chi connectivity index (χ0) is 28.1. The first-order valence-electron chi connectivity index (χ1n) is 11.0. The van der Waals surface area contributed by atoms with E-state index in [1.807, 2.05) is 0 Å². The molecule has 198 valence electrons. The number of hydrogen-bond donors (Lipinski definition) is 5. The molecule has 0 saturated heterocycles. The summed E-state index contributed by atoms with van der Waals surface area (Å²) in [6, 6.07) is 13.7. The maximum Gasteiger partial charge on any atom is 0.296 e. The molecule has 0 spiro atoms. The van der Waals surface area contributed by atoms with Crippen LogP contribution < -0.4 is 16.4 Å². The van der Waals surface area contributed by atoms with Gasteiger partial charge >= 0.3 is 0 Å². The molecule has 1 heterocycles. The van der Waals surface area contributed by atoms with Gasteiger partial charge in [0, 0.05) is 23.0 Å². The van der Waals surface area contributed by atoms with Crippen molar-refractivity contribution in [3.8, 4) is 0 Å². The minimum Gasteiger partial charge on any atom is -0.397 e. The van der Waals surface area contributed by atoms with Gasteiger partial charge in [-0.05, 0) is 36.4 Å². The van der Waals surface area contributed by atoms with Crippen LogP contribution in [0.15, 0.2) is 82.8 Å². The third-order valence-corrected chi connectivity index (χ3v) is 7.74. The molecular formula is C25H18N4O8S2. The Hall–Kier alpha value is -4.63. The Balaban J connectivity index is 1.68. The Bertz CT molecular complexity index is 1910. The normalized spacial score (nSPS) is 13.0. The van der Waals surface area contributed by atoms with Gasteiger partial charge < -0.3 is 16.4 Å². The molecule has 0 amide bonds. The van der Waals surface area contributed by atoms with Crippen LogP contribution in [0.25, 0.3) is 0 Å². The number of carbonyl (C=O) groups is 2. The molecule has 3 aromatic carbocycles. The van der Waals surface area contributed by atoms with Gasteiger partial charge in [0.25, 0.3) is 20.2 Å². The van der Waals surface area contributed by atoms with Crippen LogP contribution in [0.5, 0.6) is 0 Å². The number of hydrogen-bond acceptors (Lipinski definition) is 10. The molecule has 0 aliphatic heterocycles. The number of rotatable bonds is 6. The second-order valence-corrected chi connectivity index (χ2v) is 11.2. The molecule has 0 bridgehead atoms. The number of fused-ring (bicyclic) bond motifs is 2. The van der Waals surface area contributed by atoms with Crippen LogP contribution in [0.2, 0.25) is 0 Å². The van der Waals surface area contributed by atoms with Crippen molar-refractivity contribution in [2.45, 2.75) is 9.79 Å². The van der Waals surface area contributed by atoms with E-state index in [0.29, 0.717) is 5.69 Å². The first-order valence-corrected chi connectivity index (χ1v) is 13.9. The zero-order valence-corrected chi connectivity index (χ0v) is 21.2. The summed E-state index contributed by atoms with van der Waals surface area (Å²) < 4.78 is 68.2. The minimum atomic E-state index is -4.95. The fourth-order valence-corrected chi connectivity index (χ4v) is 5.59. The highest BCUT2D eigenvalue weighted by molar-refractivity contribution is 7.86. The third-order valence-electron chi connectivity index (χ3n) is 5.96. The number of anilines is 5. The number of ketones is 2. The number of nitrogens with two attached hydrogens (primary N) is 1. The quantitative estimate of drug-likeness (QED) is 0.148. The number of nitrogen functional groups attached to an aromatic ring is 1. The van der Waals surface area contributed by atoms with Crippen LogP contribution in [0, 0.1) is 0 Å². The topological polar surface area (TPSA) is 206 Å². The zero-order valence-electron chi connectivity index (χ0n) is 19.6. The van der Waals surface area contributed by atoms with E-state index in [1.54, 1.807) is 18.2 Å². The average molecular weight is 567 g/mol. The molecular weight excluding hydrogens is 548 g/mol. The van der Waals surface area contributed by atoms with Gasteiger partial charge in [0.1, 0.15) is 9.79 Å². The van der Waals surface area contributed by atoms with Crippen LogP contribution in [0.4, 0.5) is 28.4 Å². The number of pyridine rings is 1. The predicted octanol–water partition coefficient (Wildman–Crippen LogP) is 3.42. The molecule has 6 N–H and O–H groups in total. The summed E-state index contributed by atoms with van der Waals surface area (Å²) in [5, 5.41) is 5.56. The van der Waals surface area contributed by atoms with Gasteiger partial charge in [0.05, 0.1) is 40.1 Å². The smallest absolute Gasteiger partial charge is 0.296 e. The summed E-state index contributed by atoms with van der Waals surface area (Å²) in [6.07, 6.45) is 2.94. The van der Waals surface area contributed by atoms with E-state index in [4.69, 9.17) is 5.73 Å². The lowest BCUT2D eigenvalue weighted by Crippen LogP contribution is -2.25. The molecule has 4 aromatic rings. The van der Waals surface area contributed by atoms with Gasteiger partial charge in [0.15, 0.2) is 11.6 Å². The van der Waals surface area contributed by atoms with Gasteiger partial charge in [-0.1, -0.05) is 24.3 Å². The number of nitrogens with zero attached hydrogens (tertiary/aromatic N) is 1. The average Bonchev–Trinajstić information content (AvgIpc) is 2.88. The summed E-state index contributed by atoms with van der Waals surface area (Å²) in [5.74, 6) is -1.39. The summed E-state index contributed by atoms with van der Waals surface area (Å²) in [6.45, 7) is 0. The molecule has 39 heavy (non-hydrogen) atoms. The van der Waals surface area contributed by atoms with Crippen LogP contribution in [-0.2, 0) is 20.2 Å². The molecule has 0 saturated carbocycles. The number of carbonyl (C=O) groups excluding carboxylic acids is 2. The van der Waals surface area contributed by atoms with Gasteiger partial charge in [-0.2, -0.15) is 16.8 Å². The Morgan fingerprint density at radius 3 is 1.90 bits per heavy atom. The second-order valence-electron chi connectivity index (χ2n) is 8.44. The summed E-state index contributed by atoms with van der Waals surface area (Å²) in [7, 11) is -9.74. The van der Waals surface area contributed by atoms with Gasteiger partial charge in [-0.25, -0.2) is 0 Å².